The van der Waals surface area contributed by atoms with E-state index in [1.54, 1.807) is 0 Å². The molecule has 0 amide bonds. The summed E-state index contributed by atoms with van der Waals surface area (Å²) in [5.74, 6) is 2.10. The van der Waals surface area contributed by atoms with Crippen LogP contribution in [0.25, 0.3) is 0 Å². The van der Waals surface area contributed by atoms with E-state index in [0.717, 1.165) is 11.3 Å². The molecule has 1 atom stereocenters. The van der Waals surface area contributed by atoms with Crippen molar-refractivity contribution in [1.82, 2.24) is 4.98 Å². The monoisotopic (exact) mass is 155 g/mol. The van der Waals surface area contributed by atoms with Gasteiger partial charge in [0.25, 0.3) is 0 Å². The lowest BCUT2D eigenvalue weighted by Crippen LogP contribution is -1.89. The molecule has 0 saturated carbocycles. The van der Waals surface area contributed by atoms with Crippen LogP contribution in [0, 0.1) is 12.3 Å². The minimum absolute atomic E-state index is 0.204. The number of rotatable bonds is 1. The quantitative estimate of drug-likeness (QED) is 0.565. The van der Waals surface area contributed by atoms with Crippen LogP contribution in [-0.2, 0) is 0 Å². The van der Waals surface area contributed by atoms with Crippen LogP contribution < -0.4 is 4.87 Å². The number of nitrogens with one attached hydrogen (secondary N) is 1. The van der Waals surface area contributed by atoms with E-state index in [1.165, 1.54) is 6.20 Å². The Morgan fingerprint density at radius 1 is 1.90 bits per heavy atom. The second-order valence-corrected chi connectivity index (χ2v) is 2.70. The van der Waals surface area contributed by atoms with Gasteiger partial charge in [0.1, 0.15) is 0 Å². The first-order chi connectivity index (χ1) is 4.74. The van der Waals surface area contributed by atoms with Gasteiger partial charge < -0.3 is 10.1 Å². The van der Waals surface area contributed by atoms with Crippen LogP contribution in [0.2, 0.25) is 0 Å². The lowest BCUT2D eigenvalue weighted by molar-refractivity contribution is 0.242. The number of hydrogen-bond acceptors (Lipinski definition) is 3. The predicted octanol–water partition coefficient (Wildman–Crippen LogP) is 0.103. The molecular formula is C6H5NO2S. The molecule has 1 rings (SSSR count). The normalized spacial score (nSPS) is 12.4. The molecule has 0 fully saturated rings. The van der Waals surface area contributed by atoms with E-state index >= 15 is 0 Å². The molecule has 2 N–H and O–H groups in total. The topological polar surface area (TPSA) is 53.1 Å². The number of aromatic nitrogens is 1. The number of hydrogen-bond donors (Lipinski definition) is 2. The van der Waals surface area contributed by atoms with Gasteiger partial charge in [-0.25, -0.2) is 0 Å². The first kappa shape index (κ1) is 7.06. The molecule has 0 aliphatic rings. The Hall–Kier alpha value is -1.05. The Morgan fingerprint density at radius 3 is 3.00 bits per heavy atom. The van der Waals surface area contributed by atoms with Gasteiger partial charge in [-0.05, 0) is 0 Å². The van der Waals surface area contributed by atoms with Crippen molar-refractivity contribution < 1.29 is 5.11 Å². The molecule has 4 heteroatoms. The summed E-state index contributed by atoms with van der Waals surface area (Å²) in [6.45, 7) is 0. The molecule has 0 aliphatic heterocycles. The van der Waals surface area contributed by atoms with Crippen molar-refractivity contribution in [3.05, 3.63) is 20.7 Å². The van der Waals surface area contributed by atoms with E-state index in [1.807, 2.05) is 0 Å². The van der Waals surface area contributed by atoms with E-state index in [-0.39, 0.29) is 4.87 Å². The summed E-state index contributed by atoms with van der Waals surface area (Å²) in [5.41, 5.74) is 0. The summed E-state index contributed by atoms with van der Waals surface area (Å²) in [6, 6.07) is 0. The van der Waals surface area contributed by atoms with E-state index in [2.05, 4.69) is 10.9 Å². The van der Waals surface area contributed by atoms with Crippen molar-refractivity contribution in [2.45, 2.75) is 6.10 Å². The molecule has 52 valence electrons. The highest BCUT2D eigenvalue weighted by Crippen LogP contribution is 2.11. The molecule has 0 saturated heterocycles. The largest absolute Gasteiger partial charge is 0.375 e. The fraction of sp³-hybridized carbons (Fsp3) is 0.167. The molecule has 0 radical (unpaired) electrons. The standard InChI is InChI=1S/C6H5NO2S/c1-2-4(8)5-3-7-6(9)10-5/h1,3-4,8H,(H,7,9). The van der Waals surface area contributed by atoms with Gasteiger partial charge in [-0.3, -0.25) is 4.79 Å². The molecule has 1 aromatic heterocycles. The second kappa shape index (κ2) is 2.69. The third-order valence-corrected chi connectivity index (χ3v) is 1.85. The van der Waals surface area contributed by atoms with Crippen LogP contribution in [0.5, 0.6) is 0 Å². The zero-order chi connectivity index (χ0) is 7.56. The van der Waals surface area contributed by atoms with Gasteiger partial charge in [-0.1, -0.05) is 17.3 Å². The Bertz CT molecular complexity index is 306. The molecule has 1 unspecified atom stereocenters. The van der Waals surface area contributed by atoms with Crippen LogP contribution in [0.4, 0.5) is 0 Å². The summed E-state index contributed by atoms with van der Waals surface area (Å²) in [6.07, 6.45) is 5.36. The van der Waals surface area contributed by atoms with Crippen LogP contribution in [0.15, 0.2) is 11.0 Å². The number of aliphatic hydroxyl groups is 1. The number of H-pyrrole nitrogens is 1. The molecule has 3 nitrogen and oxygen atoms in total. The van der Waals surface area contributed by atoms with Gasteiger partial charge in [-0.2, -0.15) is 0 Å². The SMILES string of the molecule is C#CC(O)c1c[nH]c(=O)s1. The maximum absolute atomic E-state index is 10.5. The third-order valence-electron chi connectivity index (χ3n) is 0.970. The maximum Gasteiger partial charge on any atom is 0.304 e. The van der Waals surface area contributed by atoms with Crippen molar-refractivity contribution in [3.8, 4) is 12.3 Å². The van der Waals surface area contributed by atoms with Crippen molar-refractivity contribution in [1.29, 1.82) is 0 Å². The first-order valence-corrected chi connectivity index (χ1v) is 3.38. The van der Waals surface area contributed by atoms with E-state index < -0.39 is 6.10 Å². The van der Waals surface area contributed by atoms with Crippen molar-refractivity contribution in [2.24, 2.45) is 0 Å². The Balaban J connectivity index is 2.98. The lowest BCUT2D eigenvalue weighted by atomic mass is 10.3. The van der Waals surface area contributed by atoms with Crippen molar-refractivity contribution in [3.63, 3.8) is 0 Å². The molecular weight excluding hydrogens is 150 g/mol. The van der Waals surface area contributed by atoms with Crippen molar-refractivity contribution >= 4 is 11.3 Å². The van der Waals surface area contributed by atoms with Gasteiger partial charge in [0.2, 0.25) is 0 Å². The average Bonchev–Trinajstić information content (AvgIpc) is 2.34. The van der Waals surface area contributed by atoms with E-state index in [0.29, 0.717) is 4.88 Å². The van der Waals surface area contributed by atoms with Crippen LogP contribution in [0.1, 0.15) is 11.0 Å². The number of terminal acetylenes is 1. The van der Waals surface area contributed by atoms with Gasteiger partial charge in [-0.15, -0.1) is 6.42 Å². The van der Waals surface area contributed by atoms with E-state index in [9.17, 15) is 4.79 Å². The predicted molar refractivity (Wildman–Crippen MR) is 38.7 cm³/mol. The highest BCUT2D eigenvalue weighted by atomic mass is 32.1. The molecule has 10 heavy (non-hydrogen) atoms. The Kier molecular flexibility index (Phi) is 1.90. The Morgan fingerprint density at radius 2 is 2.60 bits per heavy atom. The third kappa shape index (κ3) is 1.26. The second-order valence-electron chi connectivity index (χ2n) is 1.65. The summed E-state index contributed by atoms with van der Waals surface area (Å²) in [4.78, 5) is 13.2. The van der Waals surface area contributed by atoms with Crippen LogP contribution >= 0.6 is 11.3 Å². The summed E-state index contributed by atoms with van der Waals surface area (Å²) >= 11 is 0.917. The number of thiazole rings is 1. The summed E-state index contributed by atoms with van der Waals surface area (Å²) in [5, 5.41) is 8.96. The van der Waals surface area contributed by atoms with Gasteiger partial charge in [0.05, 0.1) is 4.88 Å². The molecule has 0 spiro atoms. The smallest absolute Gasteiger partial charge is 0.304 e. The molecule has 0 aliphatic carbocycles. The first-order valence-electron chi connectivity index (χ1n) is 2.56. The molecule has 1 heterocycles. The van der Waals surface area contributed by atoms with Gasteiger partial charge in [0.15, 0.2) is 6.10 Å². The molecule has 0 bridgehead atoms. The highest BCUT2D eigenvalue weighted by Gasteiger charge is 2.04. The minimum atomic E-state index is -0.955. The Labute approximate surface area is 61.3 Å². The molecule has 0 aromatic carbocycles. The van der Waals surface area contributed by atoms with E-state index in [4.69, 9.17) is 11.5 Å². The number of aromatic amines is 1. The number of aliphatic hydroxyl groups excluding tert-OH is 1. The van der Waals surface area contributed by atoms with Crippen LogP contribution in [-0.4, -0.2) is 10.1 Å². The highest BCUT2D eigenvalue weighted by molar-refractivity contribution is 7.09. The van der Waals surface area contributed by atoms with Gasteiger partial charge >= 0.3 is 4.87 Å². The molecule has 1 aromatic rings. The van der Waals surface area contributed by atoms with Crippen molar-refractivity contribution in [2.75, 3.05) is 0 Å². The zero-order valence-corrected chi connectivity index (χ0v) is 5.81. The maximum atomic E-state index is 10.5. The lowest BCUT2D eigenvalue weighted by Gasteiger charge is -1.93. The fourth-order valence-electron chi connectivity index (χ4n) is 0.513. The average molecular weight is 155 g/mol. The minimum Gasteiger partial charge on any atom is -0.375 e. The summed E-state index contributed by atoms with van der Waals surface area (Å²) in [7, 11) is 0. The fourth-order valence-corrected chi connectivity index (χ4v) is 1.14. The summed E-state index contributed by atoms with van der Waals surface area (Å²) < 4.78 is 0. The zero-order valence-electron chi connectivity index (χ0n) is 5.00. The van der Waals surface area contributed by atoms with Crippen LogP contribution in [0.3, 0.4) is 0 Å². The van der Waals surface area contributed by atoms with Gasteiger partial charge in [0, 0.05) is 6.20 Å².